The second kappa shape index (κ2) is 6.49. The van der Waals surface area contributed by atoms with Crippen LogP contribution in [0.3, 0.4) is 0 Å². The standard InChI is InChI=1S/C13H17BrN4OS/c1-4-9-5-16-11(20-9)7-15-10-6-17-18(8(2)3)13(19)12(10)14/h5-6,8,15H,4,7H2,1-3H3. The highest BCUT2D eigenvalue weighted by Crippen LogP contribution is 2.20. The highest BCUT2D eigenvalue weighted by Gasteiger charge is 2.11. The summed E-state index contributed by atoms with van der Waals surface area (Å²) < 4.78 is 1.96. The Morgan fingerprint density at radius 2 is 2.20 bits per heavy atom. The summed E-state index contributed by atoms with van der Waals surface area (Å²) in [5.41, 5.74) is 0.568. The second-order valence-electron chi connectivity index (χ2n) is 4.64. The van der Waals surface area contributed by atoms with E-state index in [1.165, 1.54) is 9.56 Å². The van der Waals surface area contributed by atoms with Crippen LogP contribution in [0.1, 0.15) is 36.7 Å². The van der Waals surface area contributed by atoms with E-state index in [4.69, 9.17) is 0 Å². The van der Waals surface area contributed by atoms with Gasteiger partial charge in [0.2, 0.25) is 0 Å². The molecule has 0 unspecified atom stereocenters. The Balaban J connectivity index is 2.14. The van der Waals surface area contributed by atoms with Gasteiger partial charge in [-0.1, -0.05) is 6.92 Å². The molecule has 0 saturated carbocycles. The third-order valence-electron chi connectivity index (χ3n) is 2.81. The molecule has 0 aliphatic rings. The lowest BCUT2D eigenvalue weighted by Crippen LogP contribution is -2.26. The van der Waals surface area contributed by atoms with Gasteiger partial charge in [0.15, 0.2) is 0 Å². The molecule has 0 aliphatic carbocycles. The topological polar surface area (TPSA) is 59.8 Å². The number of halogens is 1. The molecule has 108 valence electrons. The zero-order valence-electron chi connectivity index (χ0n) is 11.7. The van der Waals surface area contributed by atoms with Gasteiger partial charge in [0.25, 0.3) is 5.56 Å². The van der Waals surface area contributed by atoms with Crippen molar-refractivity contribution in [3.8, 4) is 0 Å². The third-order valence-corrected chi connectivity index (χ3v) is 4.72. The summed E-state index contributed by atoms with van der Waals surface area (Å²) in [4.78, 5) is 17.7. The highest BCUT2D eigenvalue weighted by atomic mass is 79.9. The van der Waals surface area contributed by atoms with Crippen molar-refractivity contribution in [3.05, 3.63) is 37.1 Å². The number of aromatic nitrogens is 3. The Labute approximate surface area is 130 Å². The molecule has 0 atom stereocenters. The number of anilines is 1. The van der Waals surface area contributed by atoms with Gasteiger partial charge in [0.1, 0.15) is 9.48 Å². The number of rotatable bonds is 5. The summed E-state index contributed by atoms with van der Waals surface area (Å²) >= 11 is 5.02. The minimum Gasteiger partial charge on any atom is -0.376 e. The SMILES string of the molecule is CCc1cnc(CNc2cnn(C(C)C)c(=O)c2Br)s1. The first-order chi connectivity index (χ1) is 9.52. The molecule has 0 aliphatic heterocycles. The van der Waals surface area contributed by atoms with Crippen LogP contribution < -0.4 is 10.9 Å². The van der Waals surface area contributed by atoms with Crippen LogP contribution in [0.25, 0.3) is 0 Å². The van der Waals surface area contributed by atoms with Crippen LogP contribution in [-0.4, -0.2) is 14.8 Å². The molecule has 1 N–H and O–H groups in total. The first kappa shape index (κ1) is 15.2. The lowest BCUT2D eigenvalue weighted by molar-refractivity contribution is 0.501. The average molecular weight is 357 g/mol. The maximum absolute atomic E-state index is 12.1. The van der Waals surface area contributed by atoms with Gasteiger partial charge in [-0.3, -0.25) is 4.79 Å². The zero-order chi connectivity index (χ0) is 14.7. The van der Waals surface area contributed by atoms with Crippen molar-refractivity contribution < 1.29 is 0 Å². The monoisotopic (exact) mass is 356 g/mol. The van der Waals surface area contributed by atoms with Crippen molar-refractivity contribution >= 4 is 33.0 Å². The molecule has 5 nitrogen and oxygen atoms in total. The average Bonchev–Trinajstić information content (AvgIpc) is 2.88. The molecule has 2 aromatic heterocycles. The molecule has 2 aromatic rings. The number of thiazole rings is 1. The van der Waals surface area contributed by atoms with Gasteiger partial charge in [0.05, 0.1) is 24.5 Å². The lowest BCUT2D eigenvalue weighted by Gasteiger charge is -2.11. The Morgan fingerprint density at radius 1 is 1.45 bits per heavy atom. The van der Waals surface area contributed by atoms with Crippen molar-refractivity contribution in [2.45, 2.75) is 39.8 Å². The predicted octanol–water partition coefficient (Wildman–Crippen LogP) is 3.22. The first-order valence-corrected chi connectivity index (χ1v) is 8.08. The van der Waals surface area contributed by atoms with Crippen LogP contribution in [0, 0.1) is 0 Å². The van der Waals surface area contributed by atoms with E-state index in [-0.39, 0.29) is 11.6 Å². The molecular weight excluding hydrogens is 340 g/mol. The van der Waals surface area contributed by atoms with Crippen LogP contribution in [0.4, 0.5) is 5.69 Å². The highest BCUT2D eigenvalue weighted by molar-refractivity contribution is 9.10. The second-order valence-corrected chi connectivity index (χ2v) is 6.64. The molecule has 0 aromatic carbocycles. The van der Waals surface area contributed by atoms with Crippen molar-refractivity contribution in [2.24, 2.45) is 0 Å². The summed E-state index contributed by atoms with van der Waals surface area (Å²) in [5, 5.41) is 8.37. The number of hydrogen-bond donors (Lipinski definition) is 1. The normalized spacial score (nSPS) is 11.1. The van der Waals surface area contributed by atoms with Crippen LogP contribution in [-0.2, 0) is 13.0 Å². The molecule has 0 bridgehead atoms. The van der Waals surface area contributed by atoms with Gasteiger partial charge in [-0.05, 0) is 36.2 Å². The molecule has 20 heavy (non-hydrogen) atoms. The largest absolute Gasteiger partial charge is 0.376 e. The van der Waals surface area contributed by atoms with E-state index in [1.54, 1.807) is 17.5 Å². The van der Waals surface area contributed by atoms with Crippen LogP contribution in [0.2, 0.25) is 0 Å². The fraction of sp³-hybridized carbons (Fsp3) is 0.462. The van der Waals surface area contributed by atoms with Gasteiger partial charge in [0, 0.05) is 11.1 Å². The Morgan fingerprint density at radius 3 is 2.80 bits per heavy atom. The van der Waals surface area contributed by atoms with E-state index < -0.39 is 0 Å². The first-order valence-electron chi connectivity index (χ1n) is 6.47. The van der Waals surface area contributed by atoms with Crippen LogP contribution in [0.15, 0.2) is 21.7 Å². The fourth-order valence-corrected chi connectivity index (χ4v) is 2.93. The van der Waals surface area contributed by atoms with E-state index >= 15 is 0 Å². The number of nitrogens with one attached hydrogen (secondary N) is 1. The minimum absolute atomic E-state index is 0.0407. The van der Waals surface area contributed by atoms with E-state index in [2.05, 4.69) is 38.3 Å². The number of aryl methyl sites for hydroxylation is 1. The summed E-state index contributed by atoms with van der Waals surface area (Å²) in [6.07, 6.45) is 4.55. The lowest BCUT2D eigenvalue weighted by atomic mass is 10.4. The summed E-state index contributed by atoms with van der Waals surface area (Å²) in [6, 6.07) is 0.0407. The maximum atomic E-state index is 12.1. The minimum atomic E-state index is -0.126. The summed E-state index contributed by atoms with van der Waals surface area (Å²) in [7, 11) is 0. The zero-order valence-corrected chi connectivity index (χ0v) is 14.1. The number of nitrogens with zero attached hydrogens (tertiary/aromatic N) is 3. The maximum Gasteiger partial charge on any atom is 0.283 e. The van der Waals surface area contributed by atoms with Gasteiger partial charge < -0.3 is 5.32 Å². The smallest absolute Gasteiger partial charge is 0.283 e. The van der Waals surface area contributed by atoms with Crippen molar-refractivity contribution in [2.75, 3.05) is 5.32 Å². The molecular formula is C13H17BrN4OS. The Bertz CT molecular complexity index is 650. The van der Waals surface area contributed by atoms with Crippen LogP contribution in [0.5, 0.6) is 0 Å². The molecule has 0 fully saturated rings. The summed E-state index contributed by atoms with van der Waals surface area (Å²) in [5.74, 6) is 0. The molecule has 0 radical (unpaired) electrons. The molecule has 0 saturated heterocycles. The Kier molecular flexibility index (Phi) is 4.93. The van der Waals surface area contributed by atoms with Gasteiger partial charge in [-0.2, -0.15) is 5.10 Å². The molecule has 2 rings (SSSR count). The Hall–Kier alpha value is -1.21. The van der Waals surface area contributed by atoms with E-state index in [1.807, 2.05) is 20.0 Å². The van der Waals surface area contributed by atoms with Gasteiger partial charge in [-0.25, -0.2) is 9.67 Å². The van der Waals surface area contributed by atoms with Crippen molar-refractivity contribution in [3.63, 3.8) is 0 Å². The summed E-state index contributed by atoms with van der Waals surface area (Å²) in [6.45, 7) is 6.55. The number of hydrogen-bond acceptors (Lipinski definition) is 5. The van der Waals surface area contributed by atoms with Gasteiger partial charge >= 0.3 is 0 Å². The van der Waals surface area contributed by atoms with Crippen LogP contribution >= 0.6 is 27.3 Å². The van der Waals surface area contributed by atoms with E-state index in [0.717, 1.165) is 11.4 Å². The van der Waals surface area contributed by atoms with Crippen molar-refractivity contribution in [1.82, 2.24) is 14.8 Å². The molecule has 7 heteroatoms. The van der Waals surface area contributed by atoms with E-state index in [0.29, 0.717) is 16.7 Å². The molecule has 2 heterocycles. The van der Waals surface area contributed by atoms with Crippen molar-refractivity contribution in [1.29, 1.82) is 0 Å². The predicted molar refractivity (Wildman–Crippen MR) is 85.4 cm³/mol. The third kappa shape index (κ3) is 3.27. The molecule has 0 amide bonds. The van der Waals surface area contributed by atoms with E-state index in [9.17, 15) is 4.79 Å². The van der Waals surface area contributed by atoms with Gasteiger partial charge in [-0.15, -0.1) is 11.3 Å². The quantitative estimate of drug-likeness (QED) is 0.893. The fourth-order valence-electron chi connectivity index (χ4n) is 1.70. The molecule has 0 spiro atoms.